The van der Waals surface area contributed by atoms with Crippen LogP contribution in [0.3, 0.4) is 0 Å². The van der Waals surface area contributed by atoms with Gasteiger partial charge in [0, 0.05) is 38.3 Å². The second kappa shape index (κ2) is 6.75. The molecule has 24 heavy (non-hydrogen) atoms. The van der Waals surface area contributed by atoms with Crippen LogP contribution in [0.15, 0.2) is 24.3 Å². The molecule has 3 unspecified atom stereocenters. The molecule has 1 amide bonds. The molecule has 3 aliphatic rings. The number of morpholine rings is 1. The normalized spacial score (nSPS) is 29.0. The molecule has 130 valence electrons. The van der Waals surface area contributed by atoms with Crippen molar-refractivity contribution in [3.8, 4) is 0 Å². The molecule has 1 aromatic carbocycles. The lowest BCUT2D eigenvalue weighted by Crippen LogP contribution is -2.38. The lowest BCUT2D eigenvalue weighted by Gasteiger charge is -2.32. The molecule has 3 atom stereocenters. The first kappa shape index (κ1) is 15.9. The van der Waals surface area contributed by atoms with Crippen LogP contribution in [-0.4, -0.2) is 44.2 Å². The summed E-state index contributed by atoms with van der Waals surface area (Å²) in [5, 5.41) is 0. The Morgan fingerprint density at radius 2 is 2.00 bits per heavy atom. The van der Waals surface area contributed by atoms with Crippen molar-refractivity contribution in [2.75, 3.05) is 38.3 Å². The Labute approximate surface area is 144 Å². The molecular formula is C20H28N2O2. The van der Waals surface area contributed by atoms with Gasteiger partial charge >= 0.3 is 0 Å². The Balaban J connectivity index is 1.45. The van der Waals surface area contributed by atoms with Gasteiger partial charge in [-0.2, -0.15) is 0 Å². The largest absolute Gasteiger partial charge is 0.378 e. The van der Waals surface area contributed by atoms with Crippen LogP contribution in [-0.2, 0) is 16.1 Å². The number of hydrogen-bond acceptors (Lipinski definition) is 3. The van der Waals surface area contributed by atoms with Crippen LogP contribution in [0.25, 0.3) is 0 Å². The van der Waals surface area contributed by atoms with E-state index in [2.05, 4.69) is 29.2 Å². The predicted molar refractivity (Wildman–Crippen MR) is 94.9 cm³/mol. The zero-order valence-corrected chi connectivity index (χ0v) is 14.6. The number of anilines is 1. The first-order chi connectivity index (χ1) is 11.7. The van der Waals surface area contributed by atoms with E-state index in [1.54, 1.807) is 0 Å². The summed E-state index contributed by atoms with van der Waals surface area (Å²) in [6.07, 6.45) is 5.02. The van der Waals surface area contributed by atoms with Gasteiger partial charge in [-0.3, -0.25) is 4.79 Å². The third kappa shape index (κ3) is 3.04. The lowest BCUT2D eigenvalue weighted by atomic mass is 9.88. The summed E-state index contributed by atoms with van der Waals surface area (Å²) < 4.78 is 5.47. The molecule has 3 fully saturated rings. The van der Waals surface area contributed by atoms with Crippen LogP contribution in [0.2, 0.25) is 0 Å². The van der Waals surface area contributed by atoms with Gasteiger partial charge in [-0.1, -0.05) is 24.6 Å². The van der Waals surface area contributed by atoms with Crippen molar-refractivity contribution in [1.82, 2.24) is 4.90 Å². The highest BCUT2D eigenvalue weighted by molar-refractivity contribution is 5.79. The smallest absolute Gasteiger partial charge is 0.226 e. The van der Waals surface area contributed by atoms with Gasteiger partial charge in [0.05, 0.1) is 13.2 Å². The van der Waals surface area contributed by atoms with Gasteiger partial charge in [-0.15, -0.1) is 0 Å². The summed E-state index contributed by atoms with van der Waals surface area (Å²) in [6, 6.07) is 8.51. The van der Waals surface area contributed by atoms with Crippen LogP contribution in [0.5, 0.6) is 0 Å². The lowest BCUT2D eigenvalue weighted by molar-refractivity contribution is -0.136. The van der Waals surface area contributed by atoms with E-state index in [9.17, 15) is 4.79 Å². The van der Waals surface area contributed by atoms with Gasteiger partial charge in [0.1, 0.15) is 0 Å². The quantitative estimate of drug-likeness (QED) is 0.852. The van der Waals surface area contributed by atoms with Crippen LogP contribution < -0.4 is 4.90 Å². The SMILES string of the molecule is CN(Cc1ccccc1N1CCOCC1)C(=O)C1CC2CCC1C2. The number of fused-ring (bicyclic) bond motifs is 2. The summed E-state index contributed by atoms with van der Waals surface area (Å²) in [7, 11) is 1.98. The number of carbonyl (C=O) groups excluding carboxylic acids is 1. The summed E-state index contributed by atoms with van der Waals surface area (Å²) in [5.74, 6) is 2.11. The fourth-order valence-electron chi connectivity index (χ4n) is 4.92. The van der Waals surface area contributed by atoms with E-state index in [-0.39, 0.29) is 5.92 Å². The van der Waals surface area contributed by atoms with E-state index in [0.717, 1.165) is 38.6 Å². The number of carbonyl (C=O) groups is 1. The Kier molecular flexibility index (Phi) is 4.49. The summed E-state index contributed by atoms with van der Waals surface area (Å²) in [4.78, 5) is 17.3. The highest BCUT2D eigenvalue weighted by Crippen LogP contribution is 2.48. The molecule has 1 aromatic rings. The van der Waals surface area contributed by atoms with E-state index < -0.39 is 0 Å². The minimum Gasteiger partial charge on any atom is -0.378 e. The Morgan fingerprint density at radius 3 is 2.71 bits per heavy atom. The number of nitrogens with zero attached hydrogens (tertiary/aromatic N) is 2. The number of benzene rings is 1. The van der Waals surface area contributed by atoms with E-state index >= 15 is 0 Å². The average molecular weight is 328 g/mol. The number of ether oxygens (including phenoxy) is 1. The average Bonchev–Trinajstić information content (AvgIpc) is 3.25. The Morgan fingerprint density at radius 1 is 1.21 bits per heavy atom. The topological polar surface area (TPSA) is 32.8 Å². The monoisotopic (exact) mass is 328 g/mol. The van der Waals surface area contributed by atoms with Crippen LogP contribution in [0.4, 0.5) is 5.69 Å². The molecule has 2 aliphatic carbocycles. The zero-order valence-electron chi connectivity index (χ0n) is 14.6. The third-order valence-corrected chi connectivity index (χ3v) is 6.18. The first-order valence-electron chi connectivity index (χ1n) is 9.38. The fourth-order valence-corrected chi connectivity index (χ4v) is 4.92. The highest BCUT2D eigenvalue weighted by atomic mass is 16.5. The van der Waals surface area contributed by atoms with Gasteiger partial charge in [-0.05, 0) is 42.7 Å². The van der Waals surface area contributed by atoms with E-state index in [4.69, 9.17) is 4.74 Å². The van der Waals surface area contributed by atoms with Crippen molar-refractivity contribution in [3.05, 3.63) is 29.8 Å². The second-order valence-electron chi connectivity index (χ2n) is 7.70. The van der Waals surface area contributed by atoms with Crippen molar-refractivity contribution >= 4 is 11.6 Å². The third-order valence-electron chi connectivity index (χ3n) is 6.18. The van der Waals surface area contributed by atoms with Gasteiger partial charge < -0.3 is 14.5 Å². The standard InChI is InChI=1S/C20H28N2O2/c1-21(20(23)18-13-15-6-7-16(18)12-15)14-17-4-2-3-5-19(17)22-8-10-24-11-9-22/h2-5,15-16,18H,6-14H2,1H3. The van der Waals surface area contributed by atoms with Crippen LogP contribution in [0, 0.1) is 17.8 Å². The molecule has 4 nitrogen and oxygen atoms in total. The molecule has 1 aliphatic heterocycles. The van der Waals surface area contributed by atoms with E-state index in [0.29, 0.717) is 18.4 Å². The zero-order chi connectivity index (χ0) is 16.5. The van der Waals surface area contributed by atoms with Crippen molar-refractivity contribution in [2.45, 2.75) is 32.2 Å². The molecule has 2 saturated carbocycles. The minimum atomic E-state index is 0.282. The molecule has 4 heteroatoms. The number of para-hydroxylation sites is 1. The molecule has 1 heterocycles. The molecular weight excluding hydrogens is 300 g/mol. The molecule has 4 rings (SSSR count). The Hall–Kier alpha value is -1.55. The van der Waals surface area contributed by atoms with Gasteiger partial charge in [-0.25, -0.2) is 0 Å². The Bertz CT molecular complexity index is 597. The maximum Gasteiger partial charge on any atom is 0.226 e. The van der Waals surface area contributed by atoms with Crippen molar-refractivity contribution < 1.29 is 9.53 Å². The van der Waals surface area contributed by atoms with E-state index in [1.807, 2.05) is 11.9 Å². The number of hydrogen-bond donors (Lipinski definition) is 0. The van der Waals surface area contributed by atoms with Crippen LogP contribution in [0.1, 0.15) is 31.2 Å². The van der Waals surface area contributed by atoms with Crippen molar-refractivity contribution in [1.29, 1.82) is 0 Å². The van der Waals surface area contributed by atoms with Gasteiger partial charge in [0.15, 0.2) is 0 Å². The molecule has 0 N–H and O–H groups in total. The molecule has 2 bridgehead atoms. The minimum absolute atomic E-state index is 0.282. The second-order valence-corrected chi connectivity index (χ2v) is 7.70. The van der Waals surface area contributed by atoms with Crippen molar-refractivity contribution in [3.63, 3.8) is 0 Å². The predicted octanol–water partition coefficient (Wildman–Crippen LogP) is 2.92. The maximum atomic E-state index is 12.9. The summed E-state index contributed by atoms with van der Waals surface area (Å²) >= 11 is 0. The van der Waals surface area contributed by atoms with Gasteiger partial charge in [0.25, 0.3) is 0 Å². The molecule has 1 saturated heterocycles. The number of amides is 1. The fraction of sp³-hybridized carbons (Fsp3) is 0.650. The van der Waals surface area contributed by atoms with Crippen LogP contribution >= 0.6 is 0 Å². The summed E-state index contributed by atoms with van der Waals surface area (Å²) in [5.41, 5.74) is 2.51. The molecule has 0 radical (unpaired) electrons. The van der Waals surface area contributed by atoms with Crippen molar-refractivity contribution in [2.24, 2.45) is 17.8 Å². The first-order valence-corrected chi connectivity index (χ1v) is 9.38. The maximum absolute atomic E-state index is 12.9. The number of rotatable bonds is 4. The van der Waals surface area contributed by atoms with E-state index in [1.165, 1.54) is 30.5 Å². The summed E-state index contributed by atoms with van der Waals surface area (Å²) in [6.45, 7) is 4.14. The highest BCUT2D eigenvalue weighted by Gasteiger charge is 2.43. The molecule has 0 aromatic heterocycles. The van der Waals surface area contributed by atoms with Gasteiger partial charge in [0.2, 0.25) is 5.91 Å². The molecule has 0 spiro atoms.